The molecule has 2 amide bonds. The average molecular weight is 451 g/mol. The van der Waals surface area contributed by atoms with E-state index in [2.05, 4.69) is 53.2 Å². The third-order valence-electron chi connectivity index (χ3n) is 6.99. The normalized spacial score (nSPS) is 27.1. The van der Waals surface area contributed by atoms with Crippen LogP contribution in [-0.4, -0.2) is 87.9 Å². The fourth-order valence-electron chi connectivity index (χ4n) is 5.39. The van der Waals surface area contributed by atoms with E-state index < -0.39 is 9.84 Å². The number of hydrogen-bond donors (Lipinski definition) is 2. The molecule has 0 aromatic heterocycles. The van der Waals surface area contributed by atoms with Crippen molar-refractivity contribution in [3.05, 3.63) is 24.3 Å². The number of anilines is 2. The van der Waals surface area contributed by atoms with Crippen molar-refractivity contribution in [1.82, 2.24) is 10.2 Å². The molecule has 2 atom stereocenters. The summed E-state index contributed by atoms with van der Waals surface area (Å²) in [5, 5.41) is 11.8. The van der Waals surface area contributed by atoms with Crippen LogP contribution in [0, 0.1) is 11.3 Å². The Kier molecular flexibility index (Phi) is 6.09. The third-order valence-corrected chi connectivity index (χ3v) is 8.60. The quantitative estimate of drug-likeness (QED) is 0.715. The number of carbonyl (C=O) groups excluding carboxylic acids is 1. The molecule has 4 aliphatic rings. The number of benzene rings is 1. The first kappa shape index (κ1) is 22.2. The summed E-state index contributed by atoms with van der Waals surface area (Å²) in [6.07, 6.45) is 1.08. The van der Waals surface area contributed by atoms with Gasteiger partial charge in [0.15, 0.2) is 9.84 Å². The number of urea groups is 1. The number of aliphatic hydroxyl groups is 1. The number of aliphatic hydroxyl groups excluding tert-OH is 1. The van der Waals surface area contributed by atoms with E-state index >= 15 is 0 Å². The van der Waals surface area contributed by atoms with E-state index in [0.717, 1.165) is 30.9 Å². The van der Waals surface area contributed by atoms with E-state index in [4.69, 9.17) is 5.11 Å². The Balaban J connectivity index is 1.51. The van der Waals surface area contributed by atoms with Gasteiger partial charge in [0, 0.05) is 50.6 Å². The monoisotopic (exact) mass is 450 g/mol. The van der Waals surface area contributed by atoms with Crippen molar-refractivity contribution < 1.29 is 18.3 Å². The van der Waals surface area contributed by atoms with Crippen LogP contribution in [0.15, 0.2) is 24.3 Å². The second-order valence-electron chi connectivity index (χ2n) is 9.74. The fourth-order valence-corrected chi connectivity index (χ4v) is 6.59. The van der Waals surface area contributed by atoms with Gasteiger partial charge in [-0.1, -0.05) is 13.8 Å². The summed E-state index contributed by atoms with van der Waals surface area (Å²) < 4.78 is 23.4. The maximum atomic E-state index is 12.6. The van der Waals surface area contributed by atoms with Crippen molar-refractivity contribution in [1.29, 1.82) is 0 Å². The van der Waals surface area contributed by atoms with E-state index in [-0.39, 0.29) is 42.1 Å². The van der Waals surface area contributed by atoms with Crippen molar-refractivity contribution in [3.8, 4) is 0 Å². The topological polar surface area (TPSA) is 93.2 Å². The highest BCUT2D eigenvalue weighted by Gasteiger charge is 2.46. The molecular weight excluding hydrogens is 416 g/mol. The van der Waals surface area contributed by atoms with Gasteiger partial charge >= 0.3 is 6.03 Å². The number of fused-ring (bicyclic) bond motifs is 4. The molecule has 0 spiro atoms. The van der Waals surface area contributed by atoms with Gasteiger partial charge < -0.3 is 25.1 Å². The molecule has 9 heteroatoms. The SMILES string of the molecule is CC1(C)CC2CN(C(=O)NCCO)C[C@H]1N(c1ccc(N3CCS(=O)(=O)CC3)cc1)C2. The van der Waals surface area contributed by atoms with Crippen LogP contribution < -0.4 is 15.1 Å². The number of hydrogen-bond acceptors (Lipinski definition) is 6. The molecule has 0 aliphatic carbocycles. The molecule has 2 N–H and O–H groups in total. The lowest BCUT2D eigenvalue weighted by molar-refractivity contribution is 0.185. The first-order valence-electron chi connectivity index (χ1n) is 11.1. The lowest BCUT2D eigenvalue weighted by Crippen LogP contribution is -2.54. The fraction of sp³-hybridized carbons (Fsp3) is 0.682. The number of nitrogens with one attached hydrogen (secondary N) is 1. The number of nitrogens with zero attached hydrogens (tertiary/aromatic N) is 3. The summed E-state index contributed by atoms with van der Waals surface area (Å²) in [4.78, 5) is 19.1. The molecule has 4 aliphatic heterocycles. The van der Waals surface area contributed by atoms with Gasteiger partial charge in [-0.25, -0.2) is 13.2 Å². The first-order chi connectivity index (χ1) is 14.7. The first-order valence-corrected chi connectivity index (χ1v) is 13.0. The van der Waals surface area contributed by atoms with E-state index in [1.807, 2.05) is 4.90 Å². The largest absolute Gasteiger partial charge is 0.395 e. The van der Waals surface area contributed by atoms with Gasteiger partial charge in [0.05, 0.1) is 24.2 Å². The zero-order valence-electron chi connectivity index (χ0n) is 18.5. The predicted octanol–water partition coefficient (Wildman–Crippen LogP) is 1.16. The van der Waals surface area contributed by atoms with Crippen LogP contribution in [0.25, 0.3) is 0 Å². The Hall–Kier alpha value is -2.00. The van der Waals surface area contributed by atoms with E-state index in [9.17, 15) is 13.2 Å². The van der Waals surface area contributed by atoms with E-state index in [0.29, 0.717) is 25.6 Å². The maximum Gasteiger partial charge on any atom is 0.317 e. The Bertz CT molecular complexity index is 889. The van der Waals surface area contributed by atoms with Gasteiger partial charge in [-0.2, -0.15) is 0 Å². The molecule has 1 unspecified atom stereocenters. The molecule has 2 bridgehead atoms. The predicted molar refractivity (Wildman–Crippen MR) is 122 cm³/mol. The zero-order valence-corrected chi connectivity index (χ0v) is 19.3. The van der Waals surface area contributed by atoms with Crippen molar-refractivity contribution in [3.63, 3.8) is 0 Å². The van der Waals surface area contributed by atoms with Crippen LogP contribution in [0.1, 0.15) is 20.3 Å². The molecule has 8 nitrogen and oxygen atoms in total. The molecule has 1 aromatic carbocycles. The second-order valence-corrected chi connectivity index (χ2v) is 12.0. The van der Waals surface area contributed by atoms with Crippen LogP contribution in [-0.2, 0) is 9.84 Å². The zero-order chi connectivity index (χ0) is 22.2. The van der Waals surface area contributed by atoms with Gasteiger partial charge in [-0.05, 0) is 42.0 Å². The molecule has 1 aromatic rings. The third kappa shape index (κ3) is 4.77. The summed E-state index contributed by atoms with van der Waals surface area (Å²) in [6, 6.07) is 8.54. The van der Waals surface area contributed by atoms with Crippen LogP contribution in [0.5, 0.6) is 0 Å². The highest BCUT2D eigenvalue weighted by molar-refractivity contribution is 7.91. The minimum Gasteiger partial charge on any atom is -0.395 e. The van der Waals surface area contributed by atoms with Crippen molar-refractivity contribution in [2.75, 3.05) is 67.2 Å². The van der Waals surface area contributed by atoms with Crippen LogP contribution in [0.3, 0.4) is 0 Å². The van der Waals surface area contributed by atoms with Gasteiger partial charge in [0.1, 0.15) is 0 Å². The number of rotatable bonds is 4. The van der Waals surface area contributed by atoms with E-state index in [1.165, 1.54) is 0 Å². The summed E-state index contributed by atoms with van der Waals surface area (Å²) in [5.41, 5.74) is 2.28. The maximum absolute atomic E-state index is 12.6. The second kappa shape index (κ2) is 8.50. The molecular formula is C22H34N4O4S. The molecule has 4 fully saturated rings. The highest BCUT2D eigenvalue weighted by Crippen LogP contribution is 2.43. The van der Waals surface area contributed by atoms with Crippen LogP contribution >= 0.6 is 0 Å². The summed E-state index contributed by atoms with van der Waals surface area (Å²) in [5.74, 6) is 0.820. The lowest BCUT2D eigenvalue weighted by atomic mass is 9.73. The van der Waals surface area contributed by atoms with Gasteiger partial charge in [0.2, 0.25) is 0 Å². The standard InChI is InChI=1S/C22H34N4O4S/c1-22(2)13-17-14-25(21(28)23-7-10-27)16-20(22)26(15-17)19-5-3-18(4-6-19)24-8-11-31(29,30)12-9-24/h3-6,17,20,27H,7-16H2,1-2H3,(H,23,28)/t17?,20-/m1/s1. The Morgan fingerprint density at radius 2 is 1.74 bits per heavy atom. The van der Waals surface area contributed by atoms with Crippen molar-refractivity contribution in [2.45, 2.75) is 26.3 Å². The summed E-state index contributed by atoms with van der Waals surface area (Å²) in [6.45, 7) is 8.18. The summed E-state index contributed by atoms with van der Waals surface area (Å²) >= 11 is 0. The molecule has 172 valence electrons. The minimum absolute atomic E-state index is 0.0562. The number of sulfone groups is 1. The molecule has 5 rings (SSSR count). The van der Waals surface area contributed by atoms with Crippen molar-refractivity contribution >= 4 is 27.2 Å². The minimum atomic E-state index is -2.89. The van der Waals surface area contributed by atoms with Gasteiger partial charge in [0.25, 0.3) is 0 Å². The van der Waals surface area contributed by atoms with Crippen LogP contribution in [0.2, 0.25) is 0 Å². The number of piperidine rings is 1. The summed E-state index contributed by atoms with van der Waals surface area (Å²) in [7, 11) is -2.89. The smallest absolute Gasteiger partial charge is 0.317 e. The Morgan fingerprint density at radius 3 is 2.39 bits per heavy atom. The lowest BCUT2D eigenvalue weighted by Gasteiger charge is -2.48. The highest BCUT2D eigenvalue weighted by atomic mass is 32.2. The molecule has 31 heavy (non-hydrogen) atoms. The van der Waals surface area contributed by atoms with Gasteiger partial charge in [-0.3, -0.25) is 0 Å². The Morgan fingerprint density at radius 1 is 1.10 bits per heavy atom. The molecule has 4 heterocycles. The molecule has 0 radical (unpaired) electrons. The van der Waals surface area contributed by atoms with Crippen molar-refractivity contribution in [2.24, 2.45) is 11.3 Å². The number of amides is 2. The van der Waals surface area contributed by atoms with Gasteiger partial charge in [-0.15, -0.1) is 0 Å². The molecule has 0 saturated carbocycles. The molecule has 4 saturated heterocycles. The van der Waals surface area contributed by atoms with E-state index in [1.54, 1.807) is 0 Å². The average Bonchev–Trinajstić information content (AvgIpc) is 2.99. The number of carbonyl (C=O) groups is 1. The Labute approximate surface area is 185 Å². The van der Waals surface area contributed by atoms with Crippen LogP contribution in [0.4, 0.5) is 16.2 Å².